The first-order valence-corrected chi connectivity index (χ1v) is 7.09. The quantitative estimate of drug-likeness (QED) is 0.921. The first kappa shape index (κ1) is 15.6. The molecular weight excluding hydrogens is 307 g/mol. The number of anilines is 1. The highest BCUT2D eigenvalue weighted by atomic mass is 35.5. The normalized spacial score (nSPS) is 11.0. The Morgan fingerprint density at radius 1 is 1.24 bits per heavy atom. The van der Waals surface area contributed by atoms with Gasteiger partial charge in [-0.3, -0.25) is 0 Å². The number of halogens is 2. The van der Waals surface area contributed by atoms with Gasteiger partial charge in [0.2, 0.25) is 0 Å². The number of nitrogens with one attached hydrogen (secondary N) is 1. The minimum Gasteiger partial charge on any atom is -0.364 e. The highest BCUT2D eigenvalue weighted by molar-refractivity contribution is 6.35. The minimum absolute atomic E-state index is 0.277. The van der Waals surface area contributed by atoms with Crippen molar-refractivity contribution in [3.8, 4) is 6.07 Å². The van der Waals surface area contributed by atoms with E-state index in [0.29, 0.717) is 28.0 Å². The predicted molar refractivity (Wildman–Crippen MR) is 84.6 cm³/mol. The third kappa shape index (κ3) is 4.32. The smallest absolute Gasteiger partial charge is 0.158 e. The van der Waals surface area contributed by atoms with E-state index in [-0.39, 0.29) is 5.54 Å². The Morgan fingerprint density at radius 3 is 2.57 bits per heavy atom. The van der Waals surface area contributed by atoms with Crippen LogP contribution in [0, 0.1) is 11.3 Å². The van der Waals surface area contributed by atoms with Crippen LogP contribution in [0.5, 0.6) is 0 Å². The molecule has 2 aromatic rings. The van der Waals surface area contributed by atoms with E-state index >= 15 is 0 Å². The van der Waals surface area contributed by atoms with Gasteiger partial charge < -0.3 is 5.32 Å². The molecule has 0 spiro atoms. The molecule has 6 heteroatoms. The van der Waals surface area contributed by atoms with Gasteiger partial charge in [-0.2, -0.15) is 5.26 Å². The van der Waals surface area contributed by atoms with Gasteiger partial charge in [0.15, 0.2) is 5.69 Å². The highest BCUT2D eigenvalue weighted by Crippen LogP contribution is 2.26. The zero-order valence-electron chi connectivity index (χ0n) is 11.7. The largest absolute Gasteiger partial charge is 0.364 e. The van der Waals surface area contributed by atoms with Crippen LogP contribution in [0.25, 0.3) is 0 Å². The van der Waals surface area contributed by atoms with E-state index < -0.39 is 0 Å². The van der Waals surface area contributed by atoms with Crippen LogP contribution in [0.4, 0.5) is 5.82 Å². The van der Waals surface area contributed by atoms with Crippen molar-refractivity contribution in [1.29, 1.82) is 5.26 Å². The molecule has 0 bridgehead atoms. The Balaban J connectivity index is 2.12. The van der Waals surface area contributed by atoms with Crippen molar-refractivity contribution in [3.63, 3.8) is 0 Å². The fourth-order valence-electron chi connectivity index (χ4n) is 1.98. The van der Waals surface area contributed by atoms with E-state index in [0.717, 1.165) is 5.56 Å². The number of benzene rings is 1. The maximum atomic E-state index is 8.71. The molecule has 1 aromatic carbocycles. The monoisotopic (exact) mass is 320 g/mol. The molecule has 0 aliphatic carbocycles. The molecule has 0 aliphatic heterocycles. The molecular formula is C15H14Cl2N4. The predicted octanol–water partition coefficient (Wildman–Crippen LogP) is 4.09. The molecule has 0 saturated heterocycles. The van der Waals surface area contributed by atoms with Gasteiger partial charge >= 0.3 is 0 Å². The lowest BCUT2D eigenvalue weighted by Crippen LogP contribution is -2.34. The molecule has 108 valence electrons. The van der Waals surface area contributed by atoms with Gasteiger partial charge in [0, 0.05) is 15.6 Å². The fourth-order valence-corrected chi connectivity index (χ4v) is 2.46. The molecule has 0 aliphatic rings. The number of aromatic nitrogens is 2. The Kier molecular flexibility index (Phi) is 4.66. The van der Waals surface area contributed by atoms with Crippen molar-refractivity contribution >= 4 is 29.0 Å². The van der Waals surface area contributed by atoms with Crippen LogP contribution >= 0.6 is 23.2 Å². The zero-order chi connectivity index (χ0) is 15.5. The number of hydrogen-bond acceptors (Lipinski definition) is 4. The third-order valence-corrected chi connectivity index (χ3v) is 3.47. The molecule has 0 radical (unpaired) electrons. The average Bonchev–Trinajstić information content (AvgIpc) is 2.42. The van der Waals surface area contributed by atoms with Gasteiger partial charge in [-0.1, -0.05) is 29.3 Å². The highest BCUT2D eigenvalue weighted by Gasteiger charge is 2.20. The lowest BCUT2D eigenvalue weighted by molar-refractivity contribution is 0.561. The van der Waals surface area contributed by atoms with Crippen LogP contribution < -0.4 is 5.32 Å². The second-order valence-corrected chi connectivity index (χ2v) is 6.16. The molecule has 0 unspecified atom stereocenters. The second kappa shape index (κ2) is 6.30. The van der Waals surface area contributed by atoms with Crippen LogP contribution in [-0.4, -0.2) is 15.5 Å². The Labute approximate surface area is 133 Å². The molecule has 21 heavy (non-hydrogen) atoms. The van der Waals surface area contributed by atoms with Gasteiger partial charge in [-0.25, -0.2) is 9.97 Å². The van der Waals surface area contributed by atoms with Crippen molar-refractivity contribution < 1.29 is 0 Å². The van der Waals surface area contributed by atoms with E-state index in [1.807, 2.05) is 32.0 Å². The summed E-state index contributed by atoms with van der Waals surface area (Å²) in [5, 5.41) is 13.3. The third-order valence-electron chi connectivity index (χ3n) is 2.88. The van der Waals surface area contributed by atoms with Gasteiger partial charge in [-0.05, 0) is 38.0 Å². The van der Waals surface area contributed by atoms with Crippen molar-refractivity contribution in [1.82, 2.24) is 9.97 Å². The van der Waals surface area contributed by atoms with E-state index in [1.54, 1.807) is 12.3 Å². The van der Waals surface area contributed by atoms with Crippen LogP contribution in [0.2, 0.25) is 10.0 Å². The fraction of sp³-hybridized carbons (Fsp3) is 0.267. The lowest BCUT2D eigenvalue weighted by atomic mass is 9.95. The SMILES string of the molecule is CC(C)(Cc1ccc(Cl)cc1Cl)Nc1cnc(C#N)cn1. The molecule has 1 aromatic heterocycles. The first-order valence-electron chi connectivity index (χ1n) is 6.34. The first-order chi connectivity index (χ1) is 9.89. The molecule has 2 rings (SSSR count). The minimum atomic E-state index is -0.277. The van der Waals surface area contributed by atoms with Crippen molar-refractivity contribution in [2.75, 3.05) is 5.32 Å². The molecule has 4 nitrogen and oxygen atoms in total. The summed E-state index contributed by atoms with van der Waals surface area (Å²) in [5.74, 6) is 0.615. The maximum Gasteiger partial charge on any atom is 0.158 e. The molecule has 0 atom stereocenters. The zero-order valence-corrected chi connectivity index (χ0v) is 13.2. The van der Waals surface area contributed by atoms with Crippen LogP contribution in [-0.2, 0) is 6.42 Å². The maximum absolute atomic E-state index is 8.71. The lowest BCUT2D eigenvalue weighted by Gasteiger charge is -2.27. The van der Waals surface area contributed by atoms with E-state index in [9.17, 15) is 0 Å². The molecule has 0 fully saturated rings. The summed E-state index contributed by atoms with van der Waals surface area (Å²) in [6, 6.07) is 7.41. The van der Waals surface area contributed by atoms with Gasteiger partial charge in [0.1, 0.15) is 11.9 Å². The summed E-state index contributed by atoms with van der Waals surface area (Å²) in [6.45, 7) is 4.08. The summed E-state index contributed by atoms with van der Waals surface area (Å²) in [7, 11) is 0. The van der Waals surface area contributed by atoms with E-state index in [1.165, 1.54) is 6.20 Å². The van der Waals surface area contributed by atoms with Crippen LogP contribution in [0.1, 0.15) is 25.1 Å². The Bertz CT molecular complexity index is 675. The molecule has 0 amide bonds. The Hall–Kier alpha value is -1.83. The molecule has 1 N–H and O–H groups in total. The summed E-state index contributed by atoms with van der Waals surface area (Å²) in [6.07, 6.45) is 3.68. The second-order valence-electron chi connectivity index (χ2n) is 5.32. The summed E-state index contributed by atoms with van der Waals surface area (Å²) in [4.78, 5) is 8.15. The number of hydrogen-bond donors (Lipinski definition) is 1. The Morgan fingerprint density at radius 2 is 2.00 bits per heavy atom. The van der Waals surface area contributed by atoms with Crippen LogP contribution in [0.3, 0.4) is 0 Å². The standard InChI is InChI=1S/C15H14Cl2N4/c1-15(2,6-10-3-4-11(16)5-13(10)17)21-14-9-19-12(7-18)8-20-14/h3-5,8-9H,6H2,1-2H3,(H,20,21). The van der Waals surface area contributed by atoms with Gasteiger partial charge in [0.25, 0.3) is 0 Å². The van der Waals surface area contributed by atoms with Crippen LogP contribution in [0.15, 0.2) is 30.6 Å². The number of rotatable bonds is 4. The van der Waals surface area contributed by atoms with E-state index in [4.69, 9.17) is 28.5 Å². The van der Waals surface area contributed by atoms with Crippen molar-refractivity contribution in [2.24, 2.45) is 0 Å². The van der Waals surface area contributed by atoms with Crippen molar-refractivity contribution in [2.45, 2.75) is 25.8 Å². The summed E-state index contributed by atoms with van der Waals surface area (Å²) >= 11 is 12.1. The summed E-state index contributed by atoms with van der Waals surface area (Å²) < 4.78 is 0. The number of nitrogens with zero attached hydrogens (tertiary/aromatic N) is 3. The number of nitriles is 1. The van der Waals surface area contributed by atoms with Gasteiger partial charge in [0.05, 0.1) is 12.4 Å². The van der Waals surface area contributed by atoms with Crippen molar-refractivity contribution in [3.05, 3.63) is 51.9 Å². The van der Waals surface area contributed by atoms with E-state index in [2.05, 4.69) is 15.3 Å². The topological polar surface area (TPSA) is 61.6 Å². The van der Waals surface area contributed by atoms with Gasteiger partial charge in [-0.15, -0.1) is 0 Å². The summed E-state index contributed by atoms with van der Waals surface area (Å²) in [5.41, 5.74) is 1.01. The molecule has 0 saturated carbocycles. The molecule has 1 heterocycles. The average molecular weight is 321 g/mol.